The predicted molar refractivity (Wildman–Crippen MR) is 59.3 cm³/mol. The Balaban J connectivity index is 1.78. The van der Waals surface area contributed by atoms with Crippen LogP contribution in [0.25, 0.3) is 0 Å². The summed E-state index contributed by atoms with van der Waals surface area (Å²) < 4.78 is 5.12. The molecule has 0 amide bonds. The number of carbonyl (C=O) groups excluding carboxylic acids is 1. The third kappa shape index (κ3) is 2.24. The van der Waals surface area contributed by atoms with Crippen LogP contribution in [0, 0.1) is 23.7 Å². The molecule has 2 rings (SSSR count). The van der Waals surface area contributed by atoms with Crippen LogP contribution in [0.5, 0.6) is 0 Å². The fourth-order valence-electron chi connectivity index (χ4n) is 3.39. The van der Waals surface area contributed by atoms with Gasteiger partial charge >= 0.3 is 5.97 Å². The van der Waals surface area contributed by atoms with E-state index < -0.39 is 0 Å². The summed E-state index contributed by atoms with van der Waals surface area (Å²) in [5, 5.41) is 0. The Morgan fingerprint density at radius 2 is 2.27 bits per heavy atom. The third-order valence-electron chi connectivity index (χ3n) is 4.20. The van der Waals surface area contributed by atoms with Crippen molar-refractivity contribution in [3.05, 3.63) is 12.7 Å². The molecule has 0 bridgehead atoms. The number of carbonyl (C=O) groups is 1. The molecule has 2 fully saturated rings. The van der Waals surface area contributed by atoms with Crippen LogP contribution in [-0.4, -0.2) is 12.6 Å². The molecule has 0 aromatic carbocycles. The maximum atomic E-state index is 10.9. The molecule has 2 aliphatic rings. The first-order chi connectivity index (χ1) is 7.20. The van der Waals surface area contributed by atoms with Gasteiger partial charge in [-0.3, -0.25) is 0 Å². The normalized spacial score (nSPS) is 38.7. The lowest BCUT2D eigenvalue weighted by Gasteiger charge is -2.14. The number of rotatable bonds is 3. The van der Waals surface area contributed by atoms with Gasteiger partial charge in [0.25, 0.3) is 0 Å². The molecule has 15 heavy (non-hydrogen) atoms. The van der Waals surface area contributed by atoms with Crippen molar-refractivity contribution in [2.45, 2.75) is 32.6 Å². The predicted octanol–water partition coefficient (Wildman–Crippen LogP) is 2.79. The molecule has 4 atom stereocenters. The molecule has 2 heteroatoms. The van der Waals surface area contributed by atoms with Gasteiger partial charge in [-0.05, 0) is 42.9 Å². The Morgan fingerprint density at radius 1 is 1.47 bits per heavy atom. The Kier molecular flexibility index (Phi) is 3.13. The van der Waals surface area contributed by atoms with Crippen molar-refractivity contribution in [2.75, 3.05) is 6.61 Å². The Bertz CT molecular complexity index is 259. The van der Waals surface area contributed by atoms with Gasteiger partial charge in [0.05, 0.1) is 6.61 Å². The molecule has 4 unspecified atom stereocenters. The van der Waals surface area contributed by atoms with Crippen LogP contribution in [0.2, 0.25) is 0 Å². The van der Waals surface area contributed by atoms with Gasteiger partial charge in [-0.2, -0.15) is 0 Å². The third-order valence-corrected chi connectivity index (χ3v) is 4.20. The minimum atomic E-state index is -0.278. The Hall–Kier alpha value is -0.790. The van der Waals surface area contributed by atoms with Crippen molar-refractivity contribution in [1.29, 1.82) is 0 Å². The van der Waals surface area contributed by atoms with E-state index in [0.29, 0.717) is 12.5 Å². The minimum absolute atomic E-state index is 0.278. The second-order valence-electron chi connectivity index (χ2n) is 5.15. The molecular weight excluding hydrogens is 188 g/mol. The quantitative estimate of drug-likeness (QED) is 0.526. The first kappa shape index (κ1) is 10.7. The summed E-state index contributed by atoms with van der Waals surface area (Å²) in [7, 11) is 0. The molecule has 0 heterocycles. The van der Waals surface area contributed by atoms with Crippen LogP contribution < -0.4 is 0 Å². The van der Waals surface area contributed by atoms with Crippen molar-refractivity contribution >= 4 is 5.97 Å². The summed E-state index contributed by atoms with van der Waals surface area (Å²) >= 11 is 0. The van der Waals surface area contributed by atoms with Crippen LogP contribution in [0.1, 0.15) is 32.6 Å². The molecule has 2 nitrogen and oxygen atoms in total. The molecule has 0 N–H and O–H groups in total. The van der Waals surface area contributed by atoms with E-state index in [1.807, 2.05) is 0 Å². The van der Waals surface area contributed by atoms with Crippen molar-refractivity contribution in [3.63, 3.8) is 0 Å². The summed E-state index contributed by atoms with van der Waals surface area (Å²) in [6.07, 6.45) is 6.56. The highest BCUT2D eigenvalue weighted by atomic mass is 16.5. The first-order valence-electron chi connectivity index (χ1n) is 6.00. The van der Waals surface area contributed by atoms with Crippen molar-refractivity contribution in [2.24, 2.45) is 23.7 Å². The van der Waals surface area contributed by atoms with Crippen molar-refractivity contribution < 1.29 is 9.53 Å². The van der Waals surface area contributed by atoms with E-state index in [0.717, 1.165) is 17.8 Å². The molecule has 0 spiro atoms. The van der Waals surface area contributed by atoms with E-state index in [4.69, 9.17) is 4.74 Å². The zero-order chi connectivity index (χ0) is 10.8. The van der Waals surface area contributed by atoms with Gasteiger partial charge in [-0.15, -0.1) is 0 Å². The summed E-state index contributed by atoms with van der Waals surface area (Å²) in [5.41, 5.74) is 0. The van der Waals surface area contributed by atoms with E-state index in [1.54, 1.807) is 0 Å². The summed E-state index contributed by atoms with van der Waals surface area (Å²) in [6, 6.07) is 0. The van der Waals surface area contributed by atoms with Gasteiger partial charge in [-0.25, -0.2) is 4.79 Å². The standard InChI is InChI=1S/C13H20O2/c1-3-13(14)15-8-10-6-11-5-4-9(2)12(11)7-10/h3,9-12H,1,4-8H2,2H3. The van der Waals surface area contributed by atoms with E-state index in [2.05, 4.69) is 13.5 Å². The highest BCUT2D eigenvalue weighted by Crippen LogP contribution is 2.49. The van der Waals surface area contributed by atoms with E-state index in [-0.39, 0.29) is 5.97 Å². The average molecular weight is 208 g/mol. The van der Waals surface area contributed by atoms with E-state index in [1.165, 1.54) is 31.8 Å². The Morgan fingerprint density at radius 3 is 2.93 bits per heavy atom. The van der Waals surface area contributed by atoms with Gasteiger partial charge < -0.3 is 4.74 Å². The highest BCUT2D eigenvalue weighted by Gasteiger charge is 2.41. The lowest BCUT2D eigenvalue weighted by Crippen LogP contribution is -2.11. The van der Waals surface area contributed by atoms with Gasteiger partial charge in [-0.1, -0.05) is 19.9 Å². The number of hydrogen-bond donors (Lipinski definition) is 0. The highest BCUT2D eigenvalue weighted by molar-refractivity contribution is 5.81. The van der Waals surface area contributed by atoms with Crippen LogP contribution in [0.4, 0.5) is 0 Å². The molecular formula is C13H20O2. The fraction of sp³-hybridized carbons (Fsp3) is 0.769. The van der Waals surface area contributed by atoms with Crippen LogP contribution >= 0.6 is 0 Å². The first-order valence-corrected chi connectivity index (χ1v) is 6.00. The molecule has 0 saturated heterocycles. The minimum Gasteiger partial charge on any atom is -0.462 e. The van der Waals surface area contributed by atoms with Crippen LogP contribution in [0.15, 0.2) is 12.7 Å². The maximum absolute atomic E-state index is 10.9. The summed E-state index contributed by atoms with van der Waals surface area (Å²) in [5.74, 6) is 3.02. The molecule has 0 aromatic heterocycles. The SMILES string of the molecule is C=CC(=O)OCC1CC2CCC(C)C2C1. The van der Waals surface area contributed by atoms with Gasteiger partial charge in [0.1, 0.15) is 0 Å². The molecule has 0 radical (unpaired) electrons. The number of hydrogen-bond acceptors (Lipinski definition) is 2. The van der Waals surface area contributed by atoms with E-state index in [9.17, 15) is 4.79 Å². The van der Waals surface area contributed by atoms with Crippen molar-refractivity contribution in [1.82, 2.24) is 0 Å². The van der Waals surface area contributed by atoms with Crippen molar-refractivity contribution in [3.8, 4) is 0 Å². The molecule has 2 aliphatic carbocycles. The lowest BCUT2D eigenvalue weighted by atomic mass is 9.93. The molecule has 0 aromatic rings. The number of ether oxygens (including phenoxy) is 1. The smallest absolute Gasteiger partial charge is 0.330 e. The van der Waals surface area contributed by atoms with Gasteiger partial charge in [0.15, 0.2) is 0 Å². The van der Waals surface area contributed by atoms with Crippen LogP contribution in [-0.2, 0) is 9.53 Å². The fourth-order valence-corrected chi connectivity index (χ4v) is 3.39. The number of fused-ring (bicyclic) bond motifs is 1. The van der Waals surface area contributed by atoms with Gasteiger partial charge in [0, 0.05) is 6.08 Å². The maximum Gasteiger partial charge on any atom is 0.330 e. The largest absolute Gasteiger partial charge is 0.462 e. The Labute approximate surface area is 91.7 Å². The number of esters is 1. The summed E-state index contributed by atoms with van der Waals surface area (Å²) in [6.45, 7) is 6.37. The summed E-state index contributed by atoms with van der Waals surface area (Å²) in [4.78, 5) is 10.9. The molecule has 2 saturated carbocycles. The molecule has 0 aliphatic heterocycles. The van der Waals surface area contributed by atoms with Crippen LogP contribution in [0.3, 0.4) is 0 Å². The molecule has 84 valence electrons. The van der Waals surface area contributed by atoms with E-state index >= 15 is 0 Å². The average Bonchev–Trinajstić information content (AvgIpc) is 2.78. The van der Waals surface area contributed by atoms with Gasteiger partial charge in [0.2, 0.25) is 0 Å². The lowest BCUT2D eigenvalue weighted by molar-refractivity contribution is -0.139. The topological polar surface area (TPSA) is 26.3 Å². The monoisotopic (exact) mass is 208 g/mol. The zero-order valence-corrected chi connectivity index (χ0v) is 9.45. The zero-order valence-electron chi connectivity index (χ0n) is 9.45. The second-order valence-corrected chi connectivity index (χ2v) is 5.15. The second kappa shape index (κ2) is 4.38.